The lowest BCUT2D eigenvalue weighted by atomic mass is 10.1. The number of nitrogens with zero attached hydrogens (tertiary/aromatic N) is 2. The second kappa shape index (κ2) is 7.24. The minimum absolute atomic E-state index is 0.0796. The molecule has 5 nitrogen and oxygen atoms in total. The lowest BCUT2D eigenvalue weighted by Gasteiger charge is -2.31. The Hall–Kier alpha value is -1.11. The Kier molecular flexibility index (Phi) is 5.61. The van der Waals surface area contributed by atoms with Gasteiger partial charge in [0.2, 0.25) is 5.91 Å². The van der Waals surface area contributed by atoms with Crippen molar-refractivity contribution in [2.75, 3.05) is 33.7 Å². The highest BCUT2D eigenvalue weighted by molar-refractivity contribution is 7.17. The normalized spacial score (nSPS) is 16.7. The van der Waals surface area contributed by atoms with E-state index in [0.29, 0.717) is 15.8 Å². The third kappa shape index (κ3) is 4.69. The van der Waals surface area contributed by atoms with Crippen LogP contribution in [0.5, 0.6) is 0 Å². The first kappa shape index (κ1) is 16.3. The number of hydrogen-bond acceptors (Lipinski definition) is 5. The van der Waals surface area contributed by atoms with Crippen LogP contribution in [0.25, 0.3) is 0 Å². The SMILES string of the molecule is CN(C)C(=O)CN1CCC(OC(=O)c2ccc(Cl)s2)CC1. The summed E-state index contributed by atoms with van der Waals surface area (Å²) in [7, 11) is 3.51. The predicted octanol–water partition coefficient (Wildman–Crippen LogP) is 2.11. The number of likely N-dealkylation sites (tertiary alicyclic amines) is 1. The van der Waals surface area contributed by atoms with Crippen LogP contribution in [0.4, 0.5) is 0 Å². The molecule has 0 unspecified atom stereocenters. The molecule has 0 atom stereocenters. The van der Waals surface area contributed by atoms with Gasteiger partial charge in [-0.1, -0.05) is 11.6 Å². The second-order valence-electron chi connectivity index (χ2n) is 5.27. The van der Waals surface area contributed by atoms with Crippen LogP contribution in [0.3, 0.4) is 0 Å². The number of piperidine rings is 1. The number of carbonyl (C=O) groups is 2. The highest BCUT2D eigenvalue weighted by Crippen LogP contribution is 2.23. The molecule has 1 aromatic heterocycles. The van der Waals surface area contributed by atoms with E-state index in [0.717, 1.165) is 25.9 Å². The Morgan fingerprint density at radius 2 is 2.05 bits per heavy atom. The van der Waals surface area contributed by atoms with Crippen LogP contribution < -0.4 is 0 Å². The molecule has 21 heavy (non-hydrogen) atoms. The lowest BCUT2D eigenvalue weighted by molar-refractivity contribution is -0.130. The maximum absolute atomic E-state index is 11.9. The molecule has 0 bridgehead atoms. The number of ether oxygens (including phenoxy) is 1. The smallest absolute Gasteiger partial charge is 0.348 e. The Morgan fingerprint density at radius 3 is 2.57 bits per heavy atom. The molecule has 1 fully saturated rings. The summed E-state index contributed by atoms with van der Waals surface area (Å²) >= 11 is 7.04. The summed E-state index contributed by atoms with van der Waals surface area (Å²) in [6, 6.07) is 3.37. The van der Waals surface area contributed by atoms with E-state index in [1.54, 1.807) is 31.1 Å². The van der Waals surface area contributed by atoms with Crippen molar-refractivity contribution in [1.29, 1.82) is 0 Å². The third-order valence-electron chi connectivity index (χ3n) is 3.44. The summed E-state index contributed by atoms with van der Waals surface area (Å²) < 4.78 is 6.06. The molecular formula is C14H19ClN2O3S. The summed E-state index contributed by atoms with van der Waals surface area (Å²) in [4.78, 5) is 27.8. The average molecular weight is 331 g/mol. The fourth-order valence-corrected chi connectivity index (χ4v) is 3.08. The molecule has 7 heteroatoms. The van der Waals surface area contributed by atoms with Gasteiger partial charge in [0.25, 0.3) is 0 Å². The van der Waals surface area contributed by atoms with E-state index >= 15 is 0 Å². The van der Waals surface area contributed by atoms with Crippen LogP contribution >= 0.6 is 22.9 Å². The maximum Gasteiger partial charge on any atom is 0.348 e. The minimum atomic E-state index is -0.310. The van der Waals surface area contributed by atoms with Crippen molar-refractivity contribution in [3.8, 4) is 0 Å². The number of rotatable bonds is 4. The van der Waals surface area contributed by atoms with E-state index in [1.807, 2.05) is 0 Å². The molecule has 1 aliphatic heterocycles. The molecule has 1 aromatic rings. The molecule has 116 valence electrons. The molecule has 0 radical (unpaired) electrons. The number of likely N-dealkylation sites (N-methyl/N-ethyl adjacent to an activating group) is 1. The fraction of sp³-hybridized carbons (Fsp3) is 0.571. The van der Waals surface area contributed by atoms with Gasteiger partial charge in [0.05, 0.1) is 10.9 Å². The standard InChI is InChI=1S/C14H19ClN2O3S/c1-16(2)13(18)9-17-7-5-10(6-8-17)20-14(19)11-3-4-12(15)21-11/h3-4,10H,5-9H2,1-2H3. The van der Waals surface area contributed by atoms with E-state index in [2.05, 4.69) is 4.90 Å². The zero-order valence-electron chi connectivity index (χ0n) is 12.2. The monoisotopic (exact) mass is 330 g/mol. The molecular weight excluding hydrogens is 312 g/mol. The largest absolute Gasteiger partial charge is 0.458 e. The molecule has 0 N–H and O–H groups in total. The molecule has 1 saturated heterocycles. The van der Waals surface area contributed by atoms with E-state index in [1.165, 1.54) is 11.3 Å². The third-order valence-corrected chi connectivity index (χ3v) is 4.65. The van der Waals surface area contributed by atoms with E-state index in [-0.39, 0.29) is 18.0 Å². The van der Waals surface area contributed by atoms with Crippen molar-refractivity contribution < 1.29 is 14.3 Å². The molecule has 1 amide bonds. The molecule has 0 aliphatic carbocycles. The number of amides is 1. The number of halogens is 1. The van der Waals surface area contributed by atoms with Crippen LogP contribution in [0.1, 0.15) is 22.5 Å². The van der Waals surface area contributed by atoms with Gasteiger partial charge in [-0.3, -0.25) is 9.69 Å². The van der Waals surface area contributed by atoms with Gasteiger partial charge in [-0.05, 0) is 25.0 Å². The van der Waals surface area contributed by atoms with Crippen molar-refractivity contribution in [1.82, 2.24) is 9.80 Å². The summed E-state index contributed by atoms with van der Waals surface area (Å²) in [6.07, 6.45) is 1.43. The fourth-order valence-electron chi connectivity index (χ4n) is 2.15. The molecule has 1 aliphatic rings. The van der Waals surface area contributed by atoms with E-state index in [9.17, 15) is 9.59 Å². The van der Waals surface area contributed by atoms with Gasteiger partial charge in [-0.2, -0.15) is 0 Å². The van der Waals surface area contributed by atoms with Crippen LogP contribution in [0, 0.1) is 0 Å². The average Bonchev–Trinajstić information content (AvgIpc) is 2.87. The zero-order valence-corrected chi connectivity index (χ0v) is 13.7. The maximum atomic E-state index is 11.9. The molecule has 2 rings (SSSR count). The van der Waals surface area contributed by atoms with Gasteiger partial charge >= 0.3 is 5.97 Å². The first-order valence-corrected chi connectivity index (χ1v) is 8.04. The van der Waals surface area contributed by atoms with Crippen LogP contribution in [-0.4, -0.2) is 61.5 Å². The Labute approximate surface area is 133 Å². The van der Waals surface area contributed by atoms with Crippen molar-refractivity contribution in [3.63, 3.8) is 0 Å². The zero-order chi connectivity index (χ0) is 15.4. The predicted molar refractivity (Wildman–Crippen MR) is 82.9 cm³/mol. The Morgan fingerprint density at radius 1 is 1.38 bits per heavy atom. The molecule has 2 heterocycles. The highest BCUT2D eigenvalue weighted by atomic mass is 35.5. The van der Waals surface area contributed by atoms with Gasteiger partial charge in [0.1, 0.15) is 11.0 Å². The summed E-state index contributed by atoms with van der Waals surface area (Å²) in [5.74, 6) is -0.214. The highest BCUT2D eigenvalue weighted by Gasteiger charge is 2.24. The number of carbonyl (C=O) groups excluding carboxylic acids is 2. The van der Waals surface area contributed by atoms with Crippen LogP contribution in [0.15, 0.2) is 12.1 Å². The first-order chi connectivity index (χ1) is 9.95. The number of esters is 1. The summed E-state index contributed by atoms with van der Waals surface area (Å²) in [6.45, 7) is 1.96. The quantitative estimate of drug-likeness (QED) is 0.793. The molecule has 0 spiro atoms. The van der Waals surface area contributed by atoms with Gasteiger partial charge < -0.3 is 9.64 Å². The van der Waals surface area contributed by atoms with Gasteiger partial charge in [0.15, 0.2) is 0 Å². The van der Waals surface area contributed by atoms with Crippen LogP contribution in [-0.2, 0) is 9.53 Å². The second-order valence-corrected chi connectivity index (χ2v) is 6.99. The Balaban J connectivity index is 1.76. The van der Waals surface area contributed by atoms with Gasteiger partial charge in [-0.25, -0.2) is 4.79 Å². The van der Waals surface area contributed by atoms with Crippen molar-refractivity contribution in [2.45, 2.75) is 18.9 Å². The van der Waals surface area contributed by atoms with Gasteiger partial charge in [-0.15, -0.1) is 11.3 Å². The van der Waals surface area contributed by atoms with Crippen LogP contribution in [0.2, 0.25) is 4.34 Å². The topological polar surface area (TPSA) is 49.9 Å². The lowest BCUT2D eigenvalue weighted by Crippen LogP contribution is -2.43. The minimum Gasteiger partial charge on any atom is -0.458 e. The summed E-state index contributed by atoms with van der Waals surface area (Å²) in [5.41, 5.74) is 0. The molecule has 0 aromatic carbocycles. The molecule has 0 saturated carbocycles. The number of thiophene rings is 1. The van der Waals surface area contributed by atoms with Crippen molar-refractivity contribution >= 4 is 34.8 Å². The Bertz CT molecular complexity index is 510. The first-order valence-electron chi connectivity index (χ1n) is 6.84. The number of hydrogen-bond donors (Lipinski definition) is 0. The van der Waals surface area contributed by atoms with E-state index < -0.39 is 0 Å². The van der Waals surface area contributed by atoms with E-state index in [4.69, 9.17) is 16.3 Å². The summed E-state index contributed by atoms with van der Waals surface area (Å²) in [5, 5.41) is 0. The van der Waals surface area contributed by atoms with Crippen molar-refractivity contribution in [3.05, 3.63) is 21.3 Å². The van der Waals surface area contributed by atoms with Crippen molar-refractivity contribution in [2.24, 2.45) is 0 Å². The van der Waals surface area contributed by atoms with Gasteiger partial charge in [0, 0.05) is 27.2 Å².